The number of hydrogen-bond donors (Lipinski definition) is 4. The Hall–Kier alpha value is -2.70. The van der Waals surface area contributed by atoms with Crippen LogP contribution in [-0.2, 0) is 16.1 Å². The van der Waals surface area contributed by atoms with Gasteiger partial charge in [-0.2, -0.15) is 0 Å². The molecule has 5 N–H and O–H groups in total. The molecule has 28 heavy (non-hydrogen) atoms. The van der Waals surface area contributed by atoms with E-state index in [1.54, 1.807) is 0 Å². The molecular formula is C22H30N4O2. The molecular weight excluding hydrogens is 352 g/mol. The van der Waals surface area contributed by atoms with Crippen LogP contribution in [0, 0.1) is 6.92 Å². The Morgan fingerprint density at radius 3 is 2.39 bits per heavy atom. The number of carbonyl (C=O) groups is 2. The van der Waals surface area contributed by atoms with Gasteiger partial charge >= 0.3 is 0 Å². The molecule has 6 nitrogen and oxygen atoms in total. The van der Waals surface area contributed by atoms with E-state index in [1.165, 1.54) is 0 Å². The monoisotopic (exact) mass is 382 g/mol. The summed E-state index contributed by atoms with van der Waals surface area (Å²) < 4.78 is 0. The molecule has 0 aliphatic carbocycles. The number of aryl methyl sites for hydroxylation is 1. The molecule has 0 fully saturated rings. The Labute approximate surface area is 166 Å². The van der Waals surface area contributed by atoms with Crippen molar-refractivity contribution in [2.75, 3.05) is 18.4 Å². The number of carbonyl (C=O) groups excluding carboxylic acids is 2. The van der Waals surface area contributed by atoms with Gasteiger partial charge in [0.15, 0.2) is 0 Å². The van der Waals surface area contributed by atoms with Gasteiger partial charge in [-0.05, 0) is 50.4 Å². The molecule has 0 radical (unpaired) electrons. The number of hydrogen-bond acceptors (Lipinski definition) is 4. The van der Waals surface area contributed by atoms with E-state index in [9.17, 15) is 9.59 Å². The highest BCUT2D eigenvalue weighted by Crippen LogP contribution is 2.10. The second-order valence-electron chi connectivity index (χ2n) is 6.85. The number of amides is 2. The van der Waals surface area contributed by atoms with Gasteiger partial charge in [0.25, 0.3) is 0 Å². The highest BCUT2D eigenvalue weighted by Gasteiger charge is 2.20. The maximum absolute atomic E-state index is 12.6. The van der Waals surface area contributed by atoms with Gasteiger partial charge in [0.05, 0.1) is 6.54 Å². The normalized spacial score (nSPS) is 11.6. The van der Waals surface area contributed by atoms with Crippen LogP contribution in [0.2, 0.25) is 0 Å². The van der Waals surface area contributed by atoms with Crippen molar-refractivity contribution in [2.45, 2.75) is 38.8 Å². The first kappa shape index (κ1) is 21.6. The van der Waals surface area contributed by atoms with Crippen LogP contribution in [0.25, 0.3) is 0 Å². The summed E-state index contributed by atoms with van der Waals surface area (Å²) in [5, 5.41) is 8.82. The van der Waals surface area contributed by atoms with Gasteiger partial charge in [0, 0.05) is 12.2 Å². The number of unbranched alkanes of at least 4 members (excludes halogenated alkanes) is 1. The van der Waals surface area contributed by atoms with Gasteiger partial charge in [-0.15, -0.1) is 0 Å². The van der Waals surface area contributed by atoms with E-state index in [0.29, 0.717) is 19.5 Å². The fourth-order valence-electron chi connectivity index (χ4n) is 2.79. The molecule has 6 heteroatoms. The topological polar surface area (TPSA) is 96.2 Å². The lowest BCUT2D eigenvalue weighted by molar-refractivity contribution is -0.126. The molecule has 150 valence electrons. The minimum absolute atomic E-state index is 0.153. The van der Waals surface area contributed by atoms with Crippen LogP contribution in [0.3, 0.4) is 0 Å². The molecule has 2 aromatic carbocycles. The first-order chi connectivity index (χ1) is 13.6. The van der Waals surface area contributed by atoms with Crippen LogP contribution < -0.4 is 21.7 Å². The Morgan fingerprint density at radius 2 is 1.71 bits per heavy atom. The molecule has 2 aromatic rings. The van der Waals surface area contributed by atoms with Crippen molar-refractivity contribution >= 4 is 17.5 Å². The van der Waals surface area contributed by atoms with E-state index in [4.69, 9.17) is 5.73 Å². The lowest BCUT2D eigenvalue weighted by atomic mass is 10.1. The zero-order valence-corrected chi connectivity index (χ0v) is 16.4. The summed E-state index contributed by atoms with van der Waals surface area (Å²) in [4.78, 5) is 24.9. The van der Waals surface area contributed by atoms with Crippen molar-refractivity contribution < 1.29 is 9.59 Å². The molecule has 0 spiro atoms. The summed E-state index contributed by atoms with van der Waals surface area (Å²) in [5.41, 5.74) is 8.50. The maximum Gasteiger partial charge on any atom is 0.246 e. The summed E-state index contributed by atoms with van der Waals surface area (Å²) in [5.74, 6) is -0.412. The van der Waals surface area contributed by atoms with Gasteiger partial charge in [-0.3, -0.25) is 9.59 Å². The van der Waals surface area contributed by atoms with Gasteiger partial charge in [-0.25, -0.2) is 0 Å². The Bertz CT molecular complexity index is 732. The fourth-order valence-corrected chi connectivity index (χ4v) is 2.79. The second kappa shape index (κ2) is 11.9. The average molecular weight is 383 g/mol. The van der Waals surface area contributed by atoms with Crippen LogP contribution in [0.4, 0.5) is 5.69 Å². The molecule has 0 aliphatic rings. The predicted molar refractivity (Wildman–Crippen MR) is 113 cm³/mol. The Kier molecular flexibility index (Phi) is 9.18. The van der Waals surface area contributed by atoms with E-state index in [0.717, 1.165) is 29.7 Å². The predicted octanol–water partition coefficient (Wildman–Crippen LogP) is 2.34. The number of anilines is 1. The molecule has 2 amide bonds. The first-order valence-corrected chi connectivity index (χ1v) is 9.70. The number of benzene rings is 2. The second-order valence-corrected chi connectivity index (χ2v) is 6.85. The molecule has 1 atom stereocenters. The fraction of sp³-hybridized carbons (Fsp3) is 0.364. The van der Waals surface area contributed by atoms with Crippen LogP contribution in [0.5, 0.6) is 0 Å². The molecule has 0 unspecified atom stereocenters. The minimum atomic E-state index is -0.584. The zero-order chi connectivity index (χ0) is 20.2. The molecule has 0 aromatic heterocycles. The van der Waals surface area contributed by atoms with Crippen molar-refractivity contribution in [1.82, 2.24) is 10.6 Å². The van der Waals surface area contributed by atoms with Gasteiger partial charge in [0.1, 0.15) is 6.04 Å². The van der Waals surface area contributed by atoms with E-state index in [2.05, 4.69) is 16.0 Å². The van der Waals surface area contributed by atoms with E-state index in [1.807, 2.05) is 61.5 Å². The lowest BCUT2D eigenvalue weighted by Gasteiger charge is -2.19. The van der Waals surface area contributed by atoms with Gasteiger partial charge in [0.2, 0.25) is 11.8 Å². The third-order valence-corrected chi connectivity index (χ3v) is 4.38. The standard InChI is InChI=1S/C22H30N4O2/c1-17-10-12-19(13-11-17)25-22(28)20(9-5-6-14-23)26-21(27)16-24-15-18-7-3-2-4-8-18/h2-4,7-8,10-13,20,24H,5-6,9,14-16,23H2,1H3,(H,25,28)(H,26,27)/t20-/m0/s1. The van der Waals surface area contributed by atoms with Crippen molar-refractivity contribution in [2.24, 2.45) is 5.73 Å². The third-order valence-electron chi connectivity index (χ3n) is 4.38. The Balaban J connectivity index is 1.86. The molecule has 0 saturated carbocycles. The largest absolute Gasteiger partial charge is 0.343 e. The van der Waals surface area contributed by atoms with Gasteiger partial charge < -0.3 is 21.7 Å². The van der Waals surface area contributed by atoms with Crippen LogP contribution in [0.15, 0.2) is 54.6 Å². The van der Waals surface area contributed by atoms with Crippen molar-refractivity contribution in [3.05, 3.63) is 65.7 Å². The van der Waals surface area contributed by atoms with Crippen LogP contribution in [-0.4, -0.2) is 30.9 Å². The molecule has 0 aliphatic heterocycles. The summed E-state index contributed by atoms with van der Waals surface area (Å²) in [6.07, 6.45) is 2.15. The minimum Gasteiger partial charge on any atom is -0.343 e. The highest BCUT2D eigenvalue weighted by molar-refractivity contribution is 5.97. The first-order valence-electron chi connectivity index (χ1n) is 9.70. The van der Waals surface area contributed by atoms with E-state index in [-0.39, 0.29) is 18.4 Å². The summed E-state index contributed by atoms with van der Waals surface area (Å²) >= 11 is 0. The summed E-state index contributed by atoms with van der Waals surface area (Å²) in [7, 11) is 0. The molecule has 0 heterocycles. The number of rotatable bonds is 11. The van der Waals surface area contributed by atoms with Crippen LogP contribution in [0.1, 0.15) is 30.4 Å². The molecule has 2 rings (SSSR count). The zero-order valence-electron chi connectivity index (χ0n) is 16.4. The average Bonchev–Trinajstić information content (AvgIpc) is 2.70. The SMILES string of the molecule is Cc1ccc(NC(=O)[C@H](CCCCN)NC(=O)CNCc2ccccc2)cc1. The lowest BCUT2D eigenvalue weighted by Crippen LogP contribution is -2.46. The molecule has 0 saturated heterocycles. The summed E-state index contributed by atoms with van der Waals surface area (Å²) in [6, 6.07) is 16.9. The third kappa shape index (κ3) is 7.90. The maximum atomic E-state index is 12.6. The highest BCUT2D eigenvalue weighted by atomic mass is 16.2. The Morgan fingerprint density at radius 1 is 1.00 bits per heavy atom. The summed E-state index contributed by atoms with van der Waals surface area (Å²) in [6.45, 7) is 3.31. The smallest absolute Gasteiger partial charge is 0.246 e. The number of nitrogens with one attached hydrogen (secondary N) is 3. The number of nitrogens with two attached hydrogens (primary N) is 1. The molecule has 0 bridgehead atoms. The quantitative estimate of drug-likeness (QED) is 0.449. The van der Waals surface area contributed by atoms with E-state index < -0.39 is 6.04 Å². The van der Waals surface area contributed by atoms with Crippen LogP contribution >= 0.6 is 0 Å². The van der Waals surface area contributed by atoms with Gasteiger partial charge in [-0.1, -0.05) is 48.0 Å². The van der Waals surface area contributed by atoms with E-state index >= 15 is 0 Å². The van der Waals surface area contributed by atoms with Crippen molar-refractivity contribution in [1.29, 1.82) is 0 Å². The van der Waals surface area contributed by atoms with Crippen molar-refractivity contribution in [3.63, 3.8) is 0 Å². The van der Waals surface area contributed by atoms with Crippen molar-refractivity contribution in [3.8, 4) is 0 Å².